The Labute approximate surface area is 176 Å². The number of hydrazone groups is 2. The minimum absolute atomic E-state index is 0.211. The standard InChI is InChI=1S/C17H19N4O3P2S2/c1-20(25(27)23-3)18-13-15-6-10-17(11-7-15)24-26(28)21(2)19-12-14-4-8-16(22)9-5-14/h4-13H,1-3H3/q+1/p+1. The largest absolute Gasteiger partial charge is 0.540 e. The Morgan fingerprint density at radius 3 is 1.82 bits per heavy atom. The first-order valence-electron chi connectivity index (χ1n) is 8.00. The fraction of sp³-hybridized carbons (Fsp3) is 0.176. The van der Waals surface area contributed by atoms with Gasteiger partial charge in [-0.05, 0) is 59.7 Å². The van der Waals surface area contributed by atoms with E-state index < -0.39 is 14.1 Å². The Kier molecular flexibility index (Phi) is 8.83. The highest BCUT2D eigenvalue weighted by Gasteiger charge is 2.20. The molecule has 7 nitrogen and oxygen atoms in total. The van der Waals surface area contributed by atoms with Gasteiger partial charge in [0.2, 0.25) is 23.6 Å². The number of benzene rings is 2. The monoisotopic (exact) mass is 454 g/mol. The maximum atomic E-state index is 9.29. The van der Waals surface area contributed by atoms with Crippen molar-refractivity contribution in [3.63, 3.8) is 0 Å². The van der Waals surface area contributed by atoms with E-state index in [4.69, 9.17) is 32.7 Å². The molecule has 11 heteroatoms. The molecule has 28 heavy (non-hydrogen) atoms. The van der Waals surface area contributed by atoms with Crippen LogP contribution in [0.4, 0.5) is 0 Å². The van der Waals surface area contributed by atoms with Gasteiger partial charge >= 0.3 is 14.1 Å². The van der Waals surface area contributed by atoms with Crippen molar-refractivity contribution in [2.75, 3.05) is 21.2 Å². The summed E-state index contributed by atoms with van der Waals surface area (Å²) in [5.74, 6) is 0.865. The Balaban J connectivity index is 1.91. The van der Waals surface area contributed by atoms with E-state index in [9.17, 15) is 5.11 Å². The third kappa shape index (κ3) is 7.19. The van der Waals surface area contributed by atoms with E-state index in [1.165, 1.54) is 0 Å². The summed E-state index contributed by atoms with van der Waals surface area (Å²) in [6, 6.07) is 14.1. The van der Waals surface area contributed by atoms with Gasteiger partial charge in [-0.25, -0.2) is 0 Å². The average molecular weight is 454 g/mol. The zero-order chi connectivity index (χ0) is 20.5. The number of nitrogens with zero attached hydrogens (tertiary/aromatic N) is 4. The van der Waals surface area contributed by atoms with Crippen molar-refractivity contribution < 1.29 is 14.2 Å². The van der Waals surface area contributed by atoms with Crippen molar-refractivity contribution in [1.29, 1.82) is 0 Å². The van der Waals surface area contributed by atoms with Crippen molar-refractivity contribution in [1.82, 2.24) is 9.56 Å². The van der Waals surface area contributed by atoms with Crippen molar-refractivity contribution in [2.45, 2.75) is 0 Å². The molecule has 0 aliphatic heterocycles. The summed E-state index contributed by atoms with van der Waals surface area (Å²) in [7, 11) is 2.61. The molecule has 1 N–H and O–H groups in total. The van der Waals surface area contributed by atoms with Crippen LogP contribution in [0.2, 0.25) is 0 Å². The first-order valence-corrected chi connectivity index (χ1v) is 12.4. The third-order valence-electron chi connectivity index (χ3n) is 3.33. The van der Waals surface area contributed by atoms with Crippen LogP contribution < -0.4 is 4.52 Å². The molecule has 0 radical (unpaired) electrons. The van der Waals surface area contributed by atoms with Crippen molar-refractivity contribution >= 4 is 50.2 Å². The molecule has 2 aromatic rings. The van der Waals surface area contributed by atoms with Crippen LogP contribution in [0, 0.1) is 0 Å². The molecule has 0 aliphatic rings. The maximum absolute atomic E-state index is 9.29. The van der Waals surface area contributed by atoms with Gasteiger partial charge in [0.15, 0.2) is 5.75 Å². The van der Waals surface area contributed by atoms with Crippen molar-refractivity contribution in [2.24, 2.45) is 10.2 Å². The topological polar surface area (TPSA) is 69.9 Å². The lowest BCUT2D eigenvalue weighted by Gasteiger charge is -2.03. The Bertz CT molecular complexity index is 877. The minimum Gasteiger partial charge on any atom is -0.508 e. The highest BCUT2D eigenvalue weighted by atomic mass is 32.4. The molecule has 0 spiro atoms. The lowest BCUT2D eigenvalue weighted by atomic mass is 10.2. The fourth-order valence-electron chi connectivity index (χ4n) is 1.83. The lowest BCUT2D eigenvalue weighted by molar-refractivity contribution is 0.421. The van der Waals surface area contributed by atoms with E-state index in [1.807, 2.05) is 24.3 Å². The van der Waals surface area contributed by atoms with Crippen LogP contribution in [0.5, 0.6) is 11.5 Å². The summed E-state index contributed by atoms with van der Waals surface area (Å²) in [4.78, 5) is 0. The average Bonchev–Trinajstić information content (AvgIpc) is 2.71. The molecule has 2 unspecified atom stereocenters. The van der Waals surface area contributed by atoms with Gasteiger partial charge in [-0.15, -0.1) is 10.2 Å². The molecule has 2 aromatic carbocycles. The van der Waals surface area contributed by atoms with Crippen LogP contribution in [0.15, 0.2) is 58.7 Å². The molecular formula is C17H20N4O3P2S2+2. The zero-order valence-electron chi connectivity index (χ0n) is 15.5. The number of rotatable bonds is 9. The predicted octanol–water partition coefficient (Wildman–Crippen LogP) is 4.20. The fourth-order valence-corrected chi connectivity index (χ4v) is 3.27. The van der Waals surface area contributed by atoms with Gasteiger partial charge in [0, 0.05) is 0 Å². The zero-order valence-corrected chi connectivity index (χ0v) is 19.0. The van der Waals surface area contributed by atoms with Gasteiger partial charge in [-0.3, -0.25) is 4.52 Å². The SMILES string of the molecule is CO[P+](=S)N(C)N=Cc1ccc(O[P+](=S)N(C)N=Cc2ccc(O)cc2)cc1. The number of aromatic hydroxyl groups is 1. The molecule has 0 saturated heterocycles. The second-order valence-electron chi connectivity index (χ2n) is 5.38. The molecule has 0 amide bonds. The normalized spacial score (nSPS) is 12.2. The molecule has 0 fully saturated rings. The van der Waals surface area contributed by atoms with Crippen LogP contribution in [0.1, 0.15) is 11.1 Å². The Morgan fingerprint density at radius 2 is 1.32 bits per heavy atom. The van der Waals surface area contributed by atoms with Crippen molar-refractivity contribution in [3.05, 3.63) is 59.7 Å². The number of hydrogen-bond acceptors (Lipinski definition) is 7. The van der Waals surface area contributed by atoms with Gasteiger partial charge in [0.25, 0.3) is 0 Å². The van der Waals surface area contributed by atoms with E-state index in [1.54, 1.807) is 67.5 Å². The minimum atomic E-state index is -1.36. The number of hydrogen-bond donors (Lipinski definition) is 1. The lowest BCUT2D eigenvalue weighted by Crippen LogP contribution is -2.03. The summed E-state index contributed by atoms with van der Waals surface area (Å²) >= 11 is 10.5. The smallest absolute Gasteiger partial charge is 0.508 e. The molecular weight excluding hydrogens is 434 g/mol. The summed E-state index contributed by atoms with van der Waals surface area (Å²) < 4.78 is 14.1. The predicted molar refractivity (Wildman–Crippen MR) is 121 cm³/mol. The van der Waals surface area contributed by atoms with Crippen LogP contribution in [-0.4, -0.2) is 48.3 Å². The molecule has 0 aromatic heterocycles. The molecule has 146 valence electrons. The second-order valence-corrected chi connectivity index (χ2v) is 9.91. The highest BCUT2D eigenvalue weighted by molar-refractivity contribution is 8.02. The first kappa shape index (κ1) is 22.3. The van der Waals surface area contributed by atoms with Gasteiger partial charge in [-0.1, -0.05) is 9.56 Å². The maximum Gasteiger partial charge on any atom is 0.540 e. The van der Waals surface area contributed by atoms with E-state index in [0.717, 1.165) is 11.1 Å². The van der Waals surface area contributed by atoms with E-state index in [0.29, 0.717) is 5.75 Å². The van der Waals surface area contributed by atoms with E-state index in [-0.39, 0.29) is 5.75 Å². The summed E-state index contributed by atoms with van der Waals surface area (Å²) in [6.45, 7) is 0. The Hall–Kier alpha value is -2.02. The van der Waals surface area contributed by atoms with E-state index >= 15 is 0 Å². The van der Waals surface area contributed by atoms with Crippen LogP contribution >= 0.6 is 14.1 Å². The van der Waals surface area contributed by atoms with Gasteiger partial charge in [0.05, 0.1) is 33.6 Å². The second kappa shape index (κ2) is 11.1. The van der Waals surface area contributed by atoms with E-state index in [2.05, 4.69) is 10.2 Å². The molecule has 2 atom stereocenters. The highest BCUT2D eigenvalue weighted by Crippen LogP contribution is 2.30. The van der Waals surface area contributed by atoms with Gasteiger partial charge in [0.1, 0.15) is 5.75 Å². The molecule has 2 rings (SSSR count). The van der Waals surface area contributed by atoms with Crippen LogP contribution in [0.3, 0.4) is 0 Å². The Morgan fingerprint density at radius 1 is 0.857 bits per heavy atom. The third-order valence-corrected chi connectivity index (χ3v) is 7.25. The molecule has 0 aliphatic carbocycles. The van der Waals surface area contributed by atoms with Crippen LogP contribution in [0.25, 0.3) is 0 Å². The molecule has 0 bridgehead atoms. The van der Waals surface area contributed by atoms with Gasteiger partial charge < -0.3 is 5.11 Å². The van der Waals surface area contributed by atoms with Gasteiger partial charge in [-0.2, -0.15) is 4.52 Å². The molecule has 0 heterocycles. The number of phenolic OH excluding ortho intramolecular Hbond substituents is 1. The number of phenols is 1. The summed E-state index contributed by atoms with van der Waals surface area (Å²) in [5.41, 5.74) is 1.76. The van der Waals surface area contributed by atoms with Crippen LogP contribution in [-0.2, 0) is 28.1 Å². The summed E-state index contributed by atoms with van der Waals surface area (Å²) in [6.07, 6.45) is 3.36. The summed E-state index contributed by atoms with van der Waals surface area (Å²) in [5, 5.41) is 17.8. The quantitative estimate of drug-likeness (QED) is 0.346. The first-order chi connectivity index (χ1) is 13.4. The molecule has 0 saturated carbocycles. The van der Waals surface area contributed by atoms with Crippen molar-refractivity contribution in [3.8, 4) is 11.5 Å².